The molecule has 0 radical (unpaired) electrons. The molecule has 17 heavy (non-hydrogen) atoms. The molecule has 2 N–H and O–H groups in total. The second-order valence-corrected chi connectivity index (χ2v) is 5.17. The lowest BCUT2D eigenvalue weighted by Gasteiger charge is -2.25. The first kappa shape index (κ1) is 12.4. The number of rotatable bonds is 3. The monoisotopic (exact) mass is 234 g/mol. The molecule has 94 valence electrons. The third-order valence-corrected chi connectivity index (χ3v) is 3.46. The molecule has 1 fully saturated rings. The van der Waals surface area contributed by atoms with E-state index in [1.807, 2.05) is 0 Å². The van der Waals surface area contributed by atoms with Crippen molar-refractivity contribution in [3.05, 3.63) is 29.3 Å². The highest BCUT2D eigenvalue weighted by atomic mass is 16.3. The van der Waals surface area contributed by atoms with Gasteiger partial charge in [-0.25, -0.2) is 0 Å². The fourth-order valence-electron chi connectivity index (χ4n) is 2.60. The van der Waals surface area contributed by atoms with Gasteiger partial charge in [0.1, 0.15) is 0 Å². The Bertz CT molecular complexity index is 392. The average molecular weight is 234 g/mol. The highest BCUT2D eigenvalue weighted by Gasteiger charge is 2.23. The zero-order valence-electron chi connectivity index (χ0n) is 10.9. The molecule has 2 atom stereocenters. The Morgan fingerprint density at radius 2 is 2.18 bits per heavy atom. The molecule has 0 aliphatic carbocycles. The highest BCUT2D eigenvalue weighted by Crippen LogP contribution is 2.21. The summed E-state index contributed by atoms with van der Waals surface area (Å²) in [4.78, 5) is 2.27. The summed E-state index contributed by atoms with van der Waals surface area (Å²) >= 11 is 0. The maximum Gasteiger partial charge on any atom is 0.0680 e. The normalized spacial score (nSPS) is 24.0. The molecule has 2 unspecified atom stereocenters. The zero-order chi connectivity index (χ0) is 12.4. The SMILES string of the molecule is Cc1ccc(N(C)CC2CC(O)CN2)c(C)c1. The number of likely N-dealkylation sites (N-methyl/N-ethyl adjacent to an activating group) is 1. The molecular weight excluding hydrogens is 212 g/mol. The minimum atomic E-state index is -0.174. The summed E-state index contributed by atoms with van der Waals surface area (Å²) in [6, 6.07) is 6.94. The van der Waals surface area contributed by atoms with Gasteiger partial charge in [-0.05, 0) is 31.9 Å². The quantitative estimate of drug-likeness (QED) is 0.831. The van der Waals surface area contributed by atoms with Gasteiger partial charge in [-0.15, -0.1) is 0 Å². The lowest BCUT2D eigenvalue weighted by Crippen LogP contribution is -2.35. The van der Waals surface area contributed by atoms with Crippen molar-refractivity contribution in [1.82, 2.24) is 5.32 Å². The van der Waals surface area contributed by atoms with Gasteiger partial charge in [0.2, 0.25) is 0 Å². The van der Waals surface area contributed by atoms with Crippen LogP contribution in [0.15, 0.2) is 18.2 Å². The van der Waals surface area contributed by atoms with E-state index in [1.54, 1.807) is 0 Å². The number of aryl methyl sites for hydroxylation is 2. The summed E-state index contributed by atoms with van der Waals surface area (Å²) in [5.41, 5.74) is 3.89. The van der Waals surface area contributed by atoms with Crippen molar-refractivity contribution in [2.24, 2.45) is 0 Å². The Morgan fingerprint density at radius 3 is 2.76 bits per heavy atom. The van der Waals surface area contributed by atoms with Gasteiger partial charge in [0.15, 0.2) is 0 Å². The van der Waals surface area contributed by atoms with Gasteiger partial charge in [0, 0.05) is 31.9 Å². The first-order chi connectivity index (χ1) is 8.06. The van der Waals surface area contributed by atoms with Gasteiger partial charge < -0.3 is 15.3 Å². The summed E-state index contributed by atoms with van der Waals surface area (Å²) in [5, 5.41) is 12.8. The Balaban J connectivity index is 2.01. The minimum absolute atomic E-state index is 0.174. The third kappa shape index (κ3) is 2.99. The molecule has 2 rings (SSSR count). The average Bonchev–Trinajstić information content (AvgIpc) is 2.63. The second-order valence-electron chi connectivity index (χ2n) is 5.17. The number of hydrogen-bond acceptors (Lipinski definition) is 3. The van der Waals surface area contributed by atoms with Crippen LogP contribution in [0.1, 0.15) is 17.5 Å². The number of benzene rings is 1. The van der Waals surface area contributed by atoms with Crippen LogP contribution in [0.3, 0.4) is 0 Å². The van der Waals surface area contributed by atoms with Gasteiger partial charge in [-0.2, -0.15) is 0 Å². The molecule has 0 amide bonds. The van der Waals surface area contributed by atoms with Gasteiger partial charge in [-0.3, -0.25) is 0 Å². The molecule has 1 saturated heterocycles. The number of nitrogens with zero attached hydrogens (tertiary/aromatic N) is 1. The zero-order valence-corrected chi connectivity index (χ0v) is 10.9. The van der Waals surface area contributed by atoms with Crippen molar-refractivity contribution in [3.8, 4) is 0 Å². The van der Waals surface area contributed by atoms with Crippen molar-refractivity contribution in [1.29, 1.82) is 0 Å². The standard InChI is InChI=1S/C14H22N2O/c1-10-4-5-14(11(2)6-10)16(3)9-12-7-13(17)8-15-12/h4-6,12-13,15,17H,7-9H2,1-3H3. The van der Waals surface area contributed by atoms with Crippen molar-refractivity contribution in [2.45, 2.75) is 32.4 Å². The molecule has 0 saturated carbocycles. The van der Waals surface area contributed by atoms with Gasteiger partial charge in [0.25, 0.3) is 0 Å². The fraction of sp³-hybridized carbons (Fsp3) is 0.571. The summed E-state index contributed by atoms with van der Waals surface area (Å²) in [5.74, 6) is 0. The predicted molar refractivity (Wildman–Crippen MR) is 71.6 cm³/mol. The lowest BCUT2D eigenvalue weighted by molar-refractivity contribution is 0.193. The molecule has 1 aromatic carbocycles. The molecule has 1 aromatic rings. The van der Waals surface area contributed by atoms with Gasteiger partial charge >= 0.3 is 0 Å². The van der Waals surface area contributed by atoms with Crippen molar-refractivity contribution >= 4 is 5.69 Å². The molecule has 1 heterocycles. The maximum absolute atomic E-state index is 9.49. The van der Waals surface area contributed by atoms with Crippen LogP contribution in [-0.2, 0) is 0 Å². The molecule has 3 heteroatoms. The molecular formula is C14H22N2O. The second kappa shape index (κ2) is 5.07. The van der Waals surface area contributed by atoms with Crippen LogP contribution < -0.4 is 10.2 Å². The lowest BCUT2D eigenvalue weighted by atomic mass is 10.1. The van der Waals surface area contributed by atoms with Gasteiger partial charge in [-0.1, -0.05) is 17.7 Å². The third-order valence-electron chi connectivity index (χ3n) is 3.46. The first-order valence-electron chi connectivity index (χ1n) is 6.26. The fourth-order valence-corrected chi connectivity index (χ4v) is 2.60. The minimum Gasteiger partial charge on any atom is -0.392 e. The molecule has 3 nitrogen and oxygen atoms in total. The summed E-state index contributed by atoms with van der Waals surface area (Å²) in [7, 11) is 2.12. The number of hydrogen-bond donors (Lipinski definition) is 2. The molecule has 0 bridgehead atoms. The van der Waals surface area contributed by atoms with Crippen LogP contribution in [0.5, 0.6) is 0 Å². The van der Waals surface area contributed by atoms with E-state index in [2.05, 4.69) is 49.3 Å². The van der Waals surface area contributed by atoms with Crippen molar-refractivity contribution in [3.63, 3.8) is 0 Å². The van der Waals surface area contributed by atoms with Crippen LogP contribution in [-0.4, -0.2) is 37.4 Å². The summed E-state index contributed by atoms with van der Waals surface area (Å²) in [6.07, 6.45) is 0.683. The Labute approximate surface area is 103 Å². The van der Waals surface area contributed by atoms with Gasteiger partial charge in [0.05, 0.1) is 6.10 Å². The van der Waals surface area contributed by atoms with Crippen molar-refractivity contribution in [2.75, 3.05) is 25.0 Å². The highest BCUT2D eigenvalue weighted by molar-refractivity contribution is 5.53. The Hall–Kier alpha value is -1.06. The largest absolute Gasteiger partial charge is 0.392 e. The van der Waals surface area contributed by atoms with Crippen LogP contribution in [0.4, 0.5) is 5.69 Å². The van der Waals surface area contributed by atoms with Crippen LogP contribution in [0.25, 0.3) is 0 Å². The molecule has 1 aliphatic rings. The van der Waals surface area contributed by atoms with Crippen molar-refractivity contribution < 1.29 is 5.11 Å². The van der Waals surface area contributed by atoms with E-state index >= 15 is 0 Å². The molecule has 0 aromatic heterocycles. The molecule has 0 spiro atoms. The summed E-state index contributed by atoms with van der Waals surface area (Å²) in [6.45, 7) is 5.94. The number of anilines is 1. The predicted octanol–water partition coefficient (Wildman–Crippen LogP) is 1.46. The number of aliphatic hydroxyl groups is 1. The van der Waals surface area contributed by atoms with E-state index in [4.69, 9.17) is 0 Å². The maximum atomic E-state index is 9.49. The van der Waals surface area contributed by atoms with Crippen LogP contribution >= 0.6 is 0 Å². The van der Waals surface area contributed by atoms with E-state index in [1.165, 1.54) is 16.8 Å². The van der Waals surface area contributed by atoms with E-state index in [0.29, 0.717) is 6.04 Å². The first-order valence-corrected chi connectivity index (χ1v) is 6.26. The smallest absolute Gasteiger partial charge is 0.0680 e. The van der Waals surface area contributed by atoms with E-state index in [-0.39, 0.29) is 6.10 Å². The van der Waals surface area contributed by atoms with E-state index < -0.39 is 0 Å². The topological polar surface area (TPSA) is 35.5 Å². The molecule has 1 aliphatic heterocycles. The summed E-state index contributed by atoms with van der Waals surface area (Å²) < 4.78 is 0. The Kier molecular flexibility index (Phi) is 3.69. The Morgan fingerprint density at radius 1 is 1.41 bits per heavy atom. The number of β-amino-alcohol motifs (C(OH)–C–C–N with tert-alkyl or cyclic N) is 1. The van der Waals surface area contributed by atoms with E-state index in [0.717, 1.165) is 19.5 Å². The van der Waals surface area contributed by atoms with Crippen LogP contribution in [0.2, 0.25) is 0 Å². The van der Waals surface area contributed by atoms with Crippen LogP contribution in [0, 0.1) is 13.8 Å². The van der Waals surface area contributed by atoms with E-state index in [9.17, 15) is 5.11 Å². The number of nitrogens with one attached hydrogen (secondary N) is 1. The number of aliphatic hydroxyl groups excluding tert-OH is 1.